The molecule has 2 atom stereocenters. The van der Waals surface area contributed by atoms with Crippen LogP contribution in [0.1, 0.15) is 51.8 Å². The molecule has 0 bridgehead atoms. The summed E-state index contributed by atoms with van der Waals surface area (Å²) in [5.74, 6) is -2.69. The first-order valence-electron chi connectivity index (χ1n) is 7.51. The Morgan fingerprint density at radius 3 is 1.96 bits per heavy atom. The van der Waals surface area contributed by atoms with Crippen molar-refractivity contribution in [3.05, 3.63) is 33.8 Å². The van der Waals surface area contributed by atoms with Gasteiger partial charge in [-0.15, -0.1) is 0 Å². The van der Waals surface area contributed by atoms with Crippen LogP contribution in [0.25, 0.3) is 0 Å². The molecule has 1 aliphatic carbocycles. The van der Waals surface area contributed by atoms with Gasteiger partial charge in [0, 0.05) is 17.5 Å². The molecule has 128 valence electrons. The van der Waals surface area contributed by atoms with Crippen LogP contribution in [0.15, 0.2) is 11.5 Å². The molecule has 2 aliphatic rings. The highest BCUT2D eigenvalue weighted by Gasteiger charge is 2.43. The zero-order chi connectivity index (χ0) is 17.8. The van der Waals surface area contributed by atoms with Gasteiger partial charge in [0.2, 0.25) is 23.1 Å². The van der Waals surface area contributed by atoms with E-state index in [-0.39, 0.29) is 40.2 Å². The van der Waals surface area contributed by atoms with Crippen molar-refractivity contribution in [3.63, 3.8) is 0 Å². The van der Waals surface area contributed by atoms with Crippen LogP contribution < -0.4 is 0 Å². The molecule has 1 aliphatic heterocycles. The van der Waals surface area contributed by atoms with Crippen molar-refractivity contribution < 1.29 is 34.0 Å². The maximum Gasteiger partial charge on any atom is 0.236 e. The first kappa shape index (κ1) is 16.3. The Labute approximate surface area is 138 Å². The van der Waals surface area contributed by atoms with Crippen LogP contribution in [0.5, 0.6) is 11.5 Å². The first-order valence-corrected chi connectivity index (χ1v) is 7.51. The van der Waals surface area contributed by atoms with Crippen molar-refractivity contribution in [1.29, 1.82) is 0 Å². The molecule has 0 saturated heterocycles. The molecule has 0 unspecified atom stereocenters. The third-order valence-electron chi connectivity index (χ3n) is 4.41. The van der Waals surface area contributed by atoms with Gasteiger partial charge in [-0.2, -0.15) is 0 Å². The SMILES string of the molecule is COC1=C(OC)C(=O)c2c(O)c3c(c(O)c2C1=O)C[C@H](C)O[C@@H]3C. The normalized spacial score (nSPS) is 23.0. The molecule has 0 aromatic heterocycles. The molecule has 1 aromatic carbocycles. The lowest BCUT2D eigenvalue weighted by atomic mass is 9.82. The van der Waals surface area contributed by atoms with Crippen LogP contribution in [0.3, 0.4) is 0 Å². The number of methoxy groups -OCH3 is 2. The summed E-state index contributed by atoms with van der Waals surface area (Å²) >= 11 is 0. The van der Waals surface area contributed by atoms with E-state index < -0.39 is 17.7 Å². The van der Waals surface area contributed by atoms with Crippen LogP contribution in [-0.2, 0) is 20.6 Å². The minimum atomic E-state index is -0.717. The summed E-state index contributed by atoms with van der Waals surface area (Å²) in [6, 6.07) is 0. The molecule has 0 fully saturated rings. The largest absolute Gasteiger partial charge is 0.507 e. The van der Waals surface area contributed by atoms with Crippen LogP contribution in [0.4, 0.5) is 0 Å². The zero-order valence-electron chi connectivity index (χ0n) is 13.8. The smallest absolute Gasteiger partial charge is 0.236 e. The second-order valence-electron chi connectivity index (χ2n) is 5.86. The summed E-state index contributed by atoms with van der Waals surface area (Å²) in [6.07, 6.45) is -0.407. The second kappa shape index (κ2) is 5.52. The van der Waals surface area contributed by atoms with Crippen molar-refractivity contribution >= 4 is 11.6 Å². The minimum Gasteiger partial charge on any atom is -0.507 e. The van der Waals surface area contributed by atoms with Gasteiger partial charge in [0.05, 0.1) is 37.6 Å². The number of carbonyl (C=O) groups excluding carboxylic acids is 2. The molecule has 3 rings (SSSR count). The van der Waals surface area contributed by atoms with Gasteiger partial charge < -0.3 is 24.4 Å². The monoisotopic (exact) mass is 334 g/mol. The summed E-state index contributed by atoms with van der Waals surface area (Å²) in [7, 11) is 2.46. The third-order valence-corrected chi connectivity index (χ3v) is 4.41. The Bertz CT molecular complexity index is 791. The number of fused-ring (bicyclic) bond motifs is 2. The molecule has 7 nitrogen and oxygen atoms in total. The molecule has 7 heteroatoms. The van der Waals surface area contributed by atoms with Gasteiger partial charge in [-0.3, -0.25) is 9.59 Å². The first-order chi connectivity index (χ1) is 11.3. The highest BCUT2D eigenvalue weighted by molar-refractivity contribution is 6.27. The van der Waals surface area contributed by atoms with Crippen molar-refractivity contribution in [1.82, 2.24) is 0 Å². The van der Waals surface area contributed by atoms with Gasteiger partial charge in [0.1, 0.15) is 11.5 Å². The fourth-order valence-corrected chi connectivity index (χ4v) is 3.44. The van der Waals surface area contributed by atoms with Gasteiger partial charge in [-0.25, -0.2) is 0 Å². The summed E-state index contributed by atoms with van der Waals surface area (Å²) in [5.41, 5.74) is 0.200. The Balaban J connectivity index is 2.36. The maximum absolute atomic E-state index is 12.7. The Hall–Kier alpha value is -2.54. The highest BCUT2D eigenvalue weighted by atomic mass is 16.5. The lowest BCUT2D eigenvalue weighted by molar-refractivity contribution is -0.00679. The van der Waals surface area contributed by atoms with Crippen LogP contribution >= 0.6 is 0 Å². The number of Topliss-reactive ketones (excluding diaryl/α,β-unsaturated/α-hetero) is 2. The van der Waals surface area contributed by atoms with E-state index in [0.29, 0.717) is 17.5 Å². The molecular weight excluding hydrogens is 316 g/mol. The van der Waals surface area contributed by atoms with E-state index in [1.807, 2.05) is 6.92 Å². The number of ether oxygens (including phenoxy) is 3. The second-order valence-corrected chi connectivity index (χ2v) is 5.86. The molecule has 0 spiro atoms. The van der Waals surface area contributed by atoms with Crippen molar-refractivity contribution in [2.24, 2.45) is 0 Å². The Kier molecular flexibility index (Phi) is 3.76. The highest BCUT2D eigenvalue weighted by Crippen LogP contribution is 2.48. The molecular formula is C17H18O7. The number of carbonyl (C=O) groups is 2. The molecule has 1 aromatic rings. The van der Waals surface area contributed by atoms with Gasteiger partial charge in [0.25, 0.3) is 0 Å². The average molecular weight is 334 g/mol. The summed E-state index contributed by atoms with van der Waals surface area (Å²) in [5, 5.41) is 21.3. The quantitative estimate of drug-likeness (QED) is 0.797. The number of phenolic OH excluding ortho intramolecular Hbond substituents is 2. The van der Waals surface area contributed by atoms with Crippen LogP contribution in [0.2, 0.25) is 0 Å². The molecule has 0 saturated carbocycles. The van der Waals surface area contributed by atoms with Gasteiger partial charge >= 0.3 is 0 Å². The lowest BCUT2D eigenvalue weighted by Gasteiger charge is -2.32. The minimum absolute atomic E-state index is 0.197. The van der Waals surface area contributed by atoms with Crippen molar-refractivity contribution in [2.75, 3.05) is 14.2 Å². The van der Waals surface area contributed by atoms with E-state index >= 15 is 0 Å². The Morgan fingerprint density at radius 2 is 1.46 bits per heavy atom. The number of rotatable bonds is 2. The van der Waals surface area contributed by atoms with Gasteiger partial charge in [-0.05, 0) is 13.8 Å². The standard InChI is InChI=1S/C17H18O7/c1-6-5-8-9(7(2)24-6)13(19)11-10(12(8)18)14(20)16(22-3)17(23-4)15(11)21/h6-7,18-19H,5H2,1-4H3/t6-,7+/m0/s1. The lowest BCUT2D eigenvalue weighted by Crippen LogP contribution is -2.28. The predicted molar refractivity (Wildman–Crippen MR) is 82.1 cm³/mol. The third kappa shape index (κ3) is 2.01. The molecule has 2 N–H and O–H groups in total. The number of aromatic hydroxyl groups is 2. The number of ketones is 2. The van der Waals surface area contributed by atoms with Gasteiger partial charge in [0.15, 0.2) is 0 Å². The summed E-state index contributed by atoms with van der Waals surface area (Å²) in [6.45, 7) is 3.54. The van der Waals surface area contributed by atoms with E-state index in [4.69, 9.17) is 14.2 Å². The average Bonchev–Trinajstić information content (AvgIpc) is 2.53. The molecule has 24 heavy (non-hydrogen) atoms. The predicted octanol–water partition coefficient (Wildman–Crippen LogP) is 2.00. The summed E-state index contributed by atoms with van der Waals surface area (Å²) in [4.78, 5) is 25.3. The number of benzene rings is 1. The number of allylic oxidation sites excluding steroid dienone is 2. The fourth-order valence-electron chi connectivity index (χ4n) is 3.44. The van der Waals surface area contributed by atoms with E-state index in [0.717, 1.165) is 0 Å². The van der Waals surface area contributed by atoms with E-state index in [2.05, 4.69) is 0 Å². The number of hydrogen-bond acceptors (Lipinski definition) is 7. The van der Waals surface area contributed by atoms with E-state index in [9.17, 15) is 19.8 Å². The van der Waals surface area contributed by atoms with E-state index in [1.165, 1.54) is 14.2 Å². The molecule has 1 heterocycles. The van der Waals surface area contributed by atoms with Gasteiger partial charge in [-0.1, -0.05) is 0 Å². The van der Waals surface area contributed by atoms with Crippen molar-refractivity contribution in [3.8, 4) is 11.5 Å². The molecule has 0 radical (unpaired) electrons. The van der Waals surface area contributed by atoms with E-state index in [1.54, 1.807) is 6.92 Å². The Morgan fingerprint density at radius 1 is 0.958 bits per heavy atom. The zero-order valence-corrected chi connectivity index (χ0v) is 13.8. The fraction of sp³-hybridized carbons (Fsp3) is 0.412. The van der Waals surface area contributed by atoms with Crippen LogP contribution in [-0.4, -0.2) is 42.1 Å². The topological polar surface area (TPSA) is 102 Å². The number of phenols is 2. The maximum atomic E-state index is 12.7. The number of hydrogen-bond donors (Lipinski definition) is 2. The van der Waals surface area contributed by atoms with Crippen LogP contribution in [0, 0.1) is 0 Å². The summed E-state index contributed by atoms with van der Waals surface area (Å²) < 4.78 is 15.6. The molecule has 0 amide bonds. The van der Waals surface area contributed by atoms with Crippen molar-refractivity contribution in [2.45, 2.75) is 32.5 Å².